The van der Waals surface area contributed by atoms with E-state index in [-0.39, 0.29) is 0 Å². The molecule has 0 aromatic heterocycles. The van der Waals surface area contributed by atoms with Crippen molar-refractivity contribution < 1.29 is 0 Å². The van der Waals surface area contributed by atoms with Crippen molar-refractivity contribution in [3.63, 3.8) is 0 Å². The molecule has 1 heteroatoms. The molecular weight excluding hydrogens is 248 g/mol. The minimum atomic E-state index is 0.573. The van der Waals surface area contributed by atoms with E-state index < -0.39 is 0 Å². The number of alkyl halides is 1. The van der Waals surface area contributed by atoms with Gasteiger partial charge in [0.05, 0.1) is 0 Å². The molecule has 0 amide bonds. The zero-order valence-corrected chi connectivity index (χ0v) is 11.3. The molecular formula is C14H23Br. The summed E-state index contributed by atoms with van der Waals surface area (Å²) in [6.07, 6.45) is 16.6. The maximum Gasteiger partial charge on any atom is 0.0258 e. The molecule has 2 bridgehead atoms. The highest BCUT2D eigenvalue weighted by molar-refractivity contribution is 9.10. The fourth-order valence-corrected chi connectivity index (χ4v) is 5.09. The highest BCUT2D eigenvalue weighted by Gasteiger charge is 2.50. The van der Waals surface area contributed by atoms with Gasteiger partial charge in [0, 0.05) is 4.32 Å². The third kappa shape index (κ3) is 1.79. The number of rotatable bonds is 1. The van der Waals surface area contributed by atoms with Gasteiger partial charge in [-0.1, -0.05) is 35.2 Å². The van der Waals surface area contributed by atoms with Crippen LogP contribution in [-0.4, -0.2) is 4.32 Å². The zero-order chi connectivity index (χ0) is 10.4. The topological polar surface area (TPSA) is 0 Å². The van der Waals surface area contributed by atoms with Crippen molar-refractivity contribution in [2.75, 3.05) is 0 Å². The van der Waals surface area contributed by atoms with Crippen LogP contribution in [0.15, 0.2) is 0 Å². The molecule has 4 saturated carbocycles. The molecule has 0 radical (unpaired) electrons. The predicted molar refractivity (Wildman–Crippen MR) is 68.4 cm³/mol. The molecule has 0 aliphatic heterocycles. The quantitative estimate of drug-likeness (QED) is 0.585. The first-order chi connectivity index (χ1) is 7.23. The van der Waals surface area contributed by atoms with Gasteiger partial charge in [-0.25, -0.2) is 0 Å². The third-order valence-corrected chi connectivity index (χ3v) is 6.87. The number of hydrogen-bond acceptors (Lipinski definition) is 0. The van der Waals surface area contributed by atoms with Gasteiger partial charge in [0.15, 0.2) is 0 Å². The van der Waals surface area contributed by atoms with Gasteiger partial charge in [0.25, 0.3) is 0 Å². The largest absolute Gasteiger partial charge is 0.0853 e. The first-order valence-electron chi connectivity index (χ1n) is 6.92. The van der Waals surface area contributed by atoms with Crippen molar-refractivity contribution in [3.05, 3.63) is 0 Å². The van der Waals surface area contributed by atoms with Gasteiger partial charge in [0.2, 0.25) is 0 Å². The molecule has 0 saturated heterocycles. The Morgan fingerprint density at radius 1 is 0.733 bits per heavy atom. The number of halogens is 1. The molecule has 4 aliphatic carbocycles. The lowest BCUT2D eigenvalue weighted by Gasteiger charge is -2.55. The highest BCUT2D eigenvalue weighted by atomic mass is 79.9. The Morgan fingerprint density at radius 2 is 1.27 bits per heavy atom. The van der Waals surface area contributed by atoms with E-state index >= 15 is 0 Å². The smallest absolute Gasteiger partial charge is 0.0258 e. The third-order valence-electron chi connectivity index (χ3n) is 5.68. The van der Waals surface area contributed by atoms with E-state index in [1.165, 1.54) is 57.8 Å². The van der Waals surface area contributed by atoms with E-state index in [0.717, 1.165) is 11.3 Å². The summed E-state index contributed by atoms with van der Waals surface area (Å²) in [7, 11) is 0. The molecule has 0 aromatic rings. The first-order valence-corrected chi connectivity index (χ1v) is 7.71. The van der Waals surface area contributed by atoms with E-state index in [1.807, 2.05) is 0 Å². The normalized spacial score (nSPS) is 47.0. The second-order valence-electron chi connectivity index (χ2n) is 6.35. The molecule has 0 aromatic carbocycles. The lowest BCUT2D eigenvalue weighted by Crippen LogP contribution is -2.46. The van der Waals surface area contributed by atoms with Gasteiger partial charge in [-0.3, -0.25) is 0 Å². The maximum absolute atomic E-state index is 3.98. The maximum atomic E-state index is 3.98. The van der Waals surface area contributed by atoms with E-state index in [4.69, 9.17) is 0 Å². The predicted octanol–water partition coefficient (Wildman–Crippen LogP) is 5.05. The molecule has 4 rings (SSSR count). The standard InChI is InChI=1S/C14H23Br/c15-14-9-6-13(7-10-14,8-11-14)12-4-2-1-3-5-12/h12H,1-11H2. The summed E-state index contributed by atoms with van der Waals surface area (Å²) in [5.41, 5.74) is 0.802. The van der Waals surface area contributed by atoms with Crippen molar-refractivity contribution in [2.24, 2.45) is 11.3 Å². The summed E-state index contributed by atoms with van der Waals surface area (Å²) in [4.78, 5) is 0. The first kappa shape index (κ1) is 10.6. The Balaban J connectivity index is 1.74. The van der Waals surface area contributed by atoms with Crippen molar-refractivity contribution in [1.29, 1.82) is 0 Å². The van der Waals surface area contributed by atoms with Crippen LogP contribution in [0.1, 0.15) is 70.6 Å². The summed E-state index contributed by atoms with van der Waals surface area (Å²) in [6.45, 7) is 0. The van der Waals surface area contributed by atoms with Gasteiger partial charge in [-0.2, -0.15) is 0 Å². The van der Waals surface area contributed by atoms with Crippen LogP contribution < -0.4 is 0 Å². The van der Waals surface area contributed by atoms with Crippen LogP contribution in [0.3, 0.4) is 0 Å². The molecule has 0 unspecified atom stereocenters. The summed E-state index contributed by atoms with van der Waals surface area (Å²) < 4.78 is 0.573. The minimum Gasteiger partial charge on any atom is -0.0853 e. The van der Waals surface area contributed by atoms with Crippen LogP contribution in [0.25, 0.3) is 0 Å². The van der Waals surface area contributed by atoms with Crippen LogP contribution in [-0.2, 0) is 0 Å². The lowest BCUT2D eigenvalue weighted by molar-refractivity contribution is 0.00553. The Bertz CT molecular complexity index is 215. The molecule has 86 valence electrons. The second-order valence-corrected chi connectivity index (χ2v) is 8.03. The molecule has 0 nitrogen and oxygen atoms in total. The SMILES string of the molecule is BrC12CCC(C3CCCCC3)(CC1)CC2. The fraction of sp³-hybridized carbons (Fsp3) is 1.00. The summed E-state index contributed by atoms with van der Waals surface area (Å²) in [5, 5.41) is 0. The van der Waals surface area contributed by atoms with Crippen LogP contribution in [0.5, 0.6) is 0 Å². The Kier molecular flexibility index (Phi) is 2.66. The molecule has 0 atom stereocenters. The highest BCUT2D eigenvalue weighted by Crippen LogP contribution is 2.61. The average Bonchev–Trinajstić information content (AvgIpc) is 2.32. The molecule has 0 N–H and O–H groups in total. The van der Waals surface area contributed by atoms with Crippen LogP contribution in [0.2, 0.25) is 0 Å². The van der Waals surface area contributed by atoms with E-state index in [2.05, 4.69) is 15.9 Å². The van der Waals surface area contributed by atoms with Crippen LogP contribution in [0.4, 0.5) is 0 Å². The van der Waals surface area contributed by atoms with Gasteiger partial charge in [-0.05, 0) is 62.7 Å². The van der Waals surface area contributed by atoms with Crippen LogP contribution >= 0.6 is 15.9 Å². The molecule has 4 fully saturated rings. The molecule has 15 heavy (non-hydrogen) atoms. The van der Waals surface area contributed by atoms with Gasteiger partial charge in [0.1, 0.15) is 0 Å². The fourth-order valence-electron chi connectivity index (χ4n) is 4.50. The molecule has 4 aliphatic rings. The van der Waals surface area contributed by atoms with E-state index in [9.17, 15) is 0 Å². The summed E-state index contributed by atoms with van der Waals surface area (Å²) >= 11 is 3.98. The zero-order valence-electron chi connectivity index (χ0n) is 9.73. The number of hydrogen-bond donors (Lipinski definition) is 0. The van der Waals surface area contributed by atoms with Crippen molar-refractivity contribution in [2.45, 2.75) is 75.0 Å². The Morgan fingerprint density at radius 3 is 1.80 bits per heavy atom. The summed E-state index contributed by atoms with van der Waals surface area (Å²) in [5.74, 6) is 1.10. The van der Waals surface area contributed by atoms with Crippen molar-refractivity contribution in [1.82, 2.24) is 0 Å². The summed E-state index contributed by atoms with van der Waals surface area (Å²) in [6, 6.07) is 0. The van der Waals surface area contributed by atoms with Gasteiger partial charge < -0.3 is 0 Å². The van der Waals surface area contributed by atoms with E-state index in [0.29, 0.717) is 4.32 Å². The van der Waals surface area contributed by atoms with Gasteiger partial charge >= 0.3 is 0 Å². The second kappa shape index (κ2) is 3.75. The Labute approximate surface area is 102 Å². The van der Waals surface area contributed by atoms with Gasteiger partial charge in [-0.15, -0.1) is 0 Å². The lowest BCUT2D eigenvalue weighted by atomic mass is 9.53. The monoisotopic (exact) mass is 270 g/mol. The van der Waals surface area contributed by atoms with Crippen LogP contribution in [0, 0.1) is 11.3 Å². The van der Waals surface area contributed by atoms with E-state index in [1.54, 1.807) is 12.8 Å². The molecule has 0 heterocycles. The number of fused-ring (bicyclic) bond motifs is 3. The Hall–Kier alpha value is 0.480. The minimum absolute atomic E-state index is 0.573. The average molecular weight is 271 g/mol. The molecule has 0 spiro atoms. The van der Waals surface area contributed by atoms with Crippen molar-refractivity contribution in [3.8, 4) is 0 Å². The van der Waals surface area contributed by atoms with Crippen molar-refractivity contribution >= 4 is 15.9 Å².